The highest BCUT2D eigenvalue weighted by Gasteiger charge is 2.10. The lowest BCUT2D eigenvalue weighted by atomic mass is 10.2. The third-order valence-corrected chi connectivity index (χ3v) is 3.79. The lowest BCUT2D eigenvalue weighted by Crippen LogP contribution is -2.04. The van der Waals surface area contributed by atoms with Gasteiger partial charge in [0.05, 0.1) is 16.2 Å². The Morgan fingerprint density at radius 2 is 1.95 bits per heavy atom. The summed E-state index contributed by atoms with van der Waals surface area (Å²) in [6.45, 7) is 3.19. The normalized spacial score (nSPS) is 11.0. The van der Waals surface area contributed by atoms with Gasteiger partial charge >= 0.3 is 0 Å². The van der Waals surface area contributed by atoms with Gasteiger partial charge in [-0.15, -0.1) is 0 Å². The molecule has 0 fully saturated rings. The summed E-state index contributed by atoms with van der Waals surface area (Å²) in [7, 11) is 0. The highest BCUT2D eigenvalue weighted by atomic mass is 35.5. The van der Waals surface area contributed by atoms with E-state index in [1.54, 1.807) is 18.2 Å². The van der Waals surface area contributed by atoms with E-state index in [4.69, 9.17) is 16.3 Å². The van der Waals surface area contributed by atoms with Crippen LogP contribution in [0.15, 0.2) is 48.5 Å². The number of halogens is 2. The molecule has 0 saturated carbocycles. The highest BCUT2D eigenvalue weighted by Crippen LogP contribution is 2.26. The molecule has 0 atom stereocenters. The van der Waals surface area contributed by atoms with E-state index in [9.17, 15) is 4.39 Å². The fourth-order valence-corrected chi connectivity index (χ4v) is 2.68. The third kappa shape index (κ3) is 2.74. The zero-order chi connectivity index (χ0) is 14.8. The van der Waals surface area contributed by atoms with Crippen molar-refractivity contribution >= 4 is 22.5 Å². The first-order valence-corrected chi connectivity index (χ1v) is 7.22. The van der Waals surface area contributed by atoms with Crippen molar-refractivity contribution in [3.63, 3.8) is 0 Å². The first-order valence-electron chi connectivity index (χ1n) is 6.84. The van der Waals surface area contributed by atoms with Crippen molar-refractivity contribution in [1.82, 2.24) is 4.57 Å². The minimum atomic E-state index is -0.228. The van der Waals surface area contributed by atoms with Gasteiger partial charge in [-0.2, -0.15) is 0 Å². The minimum Gasteiger partial charge on any atom is -0.486 e. The molecule has 0 spiro atoms. The Morgan fingerprint density at radius 1 is 1.14 bits per heavy atom. The van der Waals surface area contributed by atoms with Crippen LogP contribution in [0.4, 0.5) is 4.39 Å². The molecule has 0 N–H and O–H groups in total. The number of hydrogen-bond donors (Lipinski definition) is 0. The number of para-hydroxylation sites is 1. The van der Waals surface area contributed by atoms with Crippen LogP contribution in [0.5, 0.6) is 5.75 Å². The molecule has 0 aliphatic carbocycles. The summed E-state index contributed by atoms with van der Waals surface area (Å²) in [4.78, 5) is 0. The lowest BCUT2D eigenvalue weighted by molar-refractivity contribution is 0.296. The Kier molecular flexibility index (Phi) is 3.84. The summed E-state index contributed by atoms with van der Waals surface area (Å²) < 4.78 is 21.2. The summed E-state index contributed by atoms with van der Waals surface area (Å²) in [6.07, 6.45) is 0. The number of aromatic nitrogens is 1. The molecular formula is C17H15ClFNO. The van der Waals surface area contributed by atoms with Crippen LogP contribution in [0.2, 0.25) is 5.02 Å². The molecule has 1 aromatic heterocycles. The van der Waals surface area contributed by atoms with Crippen molar-refractivity contribution in [2.24, 2.45) is 0 Å². The Labute approximate surface area is 127 Å². The number of rotatable bonds is 4. The quantitative estimate of drug-likeness (QED) is 0.659. The molecule has 2 aromatic carbocycles. The van der Waals surface area contributed by atoms with E-state index in [1.807, 2.05) is 31.2 Å². The Hall–Kier alpha value is -2.00. The van der Waals surface area contributed by atoms with Crippen molar-refractivity contribution < 1.29 is 9.13 Å². The maximum atomic E-state index is 13.4. The summed E-state index contributed by atoms with van der Waals surface area (Å²) in [5, 5.41) is 1.60. The standard InChI is InChI=1S/C17H15ClFNO/c1-2-20-14(9-12-7-8-13(19)10-16(12)20)11-21-17-6-4-3-5-15(17)18/h3-10H,2,11H2,1H3. The number of aryl methyl sites for hydroxylation is 1. The van der Waals surface area contributed by atoms with Crippen LogP contribution >= 0.6 is 11.6 Å². The van der Waals surface area contributed by atoms with E-state index in [2.05, 4.69) is 4.57 Å². The molecule has 21 heavy (non-hydrogen) atoms. The molecule has 0 unspecified atom stereocenters. The maximum absolute atomic E-state index is 13.4. The van der Waals surface area contributed by atoms with Crippen molar-refractivity contribution in [2.75, 3.05) is 0 Å². The molecule has 0 aliphatic heterocycles. The molecule has 4 heteroatoms. The maximum Gasteiger partial charge on any atom is 0.138 e. The molecule has 0 radical (unpaired) electrons. The second kappa shape index (κ2) is 5.78. The molecule has 3 aromatic rings. The van der Waals surface area contributed by atoms with E-state index >= 15 is 0 Å². The second-order valence-electron chi connectivity index (χ2n) is 4.80. The molecule has 0 amide bonds. The molecular weight excluding hydrogens is 289 g/mol. The summed E-state index contributed by atoms with van der Waals surface area (Å²) in [5.74, 6) is 0.423. The molecule has 0 aliphatic rings. The molecule has 2 nitrogen and oxygen atoms in total. The van der Waals surface area contributed by atoms with Crippen molar-refractivity contribution in [3.8, 4) is 5.75 Å². The second-order valence-corrected chi connectivity index (χ2v) is 5.21. The predicted octanol–water partition coefficient (Wildman–Crippen LogP) is 5.03. The fourth-order valence-electron chi connectivity index (χ4n) is 2.49. The average Bonchev–Trinajstić information content (AvgIpc) is 2.83. The van der Waals surface area contributed by atoms with E-state index in [0.717, 1.165) is 23.1 Å². The monoisotopic (exact) mass is 303 g/mol. The van der Waals surface area contributed by atoms with Gasteiger partial charge < -0.3 is 9.30 Å². The van der Waals surface area contributed by atoms with Gasteiger partial charge in [0.2, 0.25) is 0 Å². The molecule has 108 valence electrons. The van der Waals surface area contributed by atoms with Gasteiger partial charge in [-0.25, -0.2) is 4.39 Å². The fraction of sp³-hybridized carbons (Fsp3) is 0.176. The van der Waals surface area contributed by atoms with Gasteiger partial charge in [-0.1, -0.05) is 23.7 Å². The number of fused-ring (bicyclic) bond motifs is 1. The van der Waals surface area contributed by atoms with Gasteiger partial charge in [-0.05, 0) is 43.3 Å². The topological polar surface area (TPSA) is 14.2 Å². The van der Waals surface area contributed by atoms with Crippen LogP contribution in [-0.4, -0.2) is 4.57 Å². The zero-order valence-electron chi connectivity index (χ0n) is 11.6. The van der Waals surface area contributed by atoms with Crippen LogP contribution in [0.1, 0.15) is 12.6 Å². The van der Waals surface area contributed by atoms with Gasteiger partial charge in [-0.3, -0.25) is 0 Å². The highest BCUT2D eigenvalue weighted by molar-refractivity contribution is 6.32. The number of ether oxygens (including phenoxy) is 1. The number of benzene rings is 2. The van der Waals surface area contributed by atoms with Gasteiger partial charge in [0.1, 0.15) is 18.2 Å². The van der Waals surface area contributed by atoms with Crippen LogP contribution in [0, 0.1) is 5.82 Å². The van der Waals surface area contributed by atoms with Gasteiger partial charge in [0, 0.05) is 11.9 Å². The van der Waals surface area contributed by atoms with Gasteiger partial charge in [0.25, 0.3) is 0 Å². The average molecular weight is 304 g/mol. The van der Waals surface area contributed by atoms with Gasteiger partial charge in [0.15, 0.2) is 0 Å². The molecule has 1 heterocycles. The molecule has 3 rings (SSSR count). The van der Waals surface area contributed by atoms with Crippen molar-refractivity contribution in [1.29, 1.82) is 0 Å². The Bertz CT molecular complexity index is 782. The summed E-state index contributed by atoms with van der Waals surface area (Å²) in [5.41, 5.74) is 1.88. The largest absolute Gasteiger partial charge is 0.486 e. The summed E-state index contributed by atoms with van der Waals surface area (Å²) >= 11 is 6.08. The zero-order valence-corrected chi connectivity index (χ0v) is 12.4. The first-order chi connectivity index (χ1) is 10.2. The predicted molar refractivity (Wildman–Crippen MR) is 83.4 cm³/mol. The van der Waals surface area contributed by atoms with Crippen LogP contribution in [-0.2, 0) is 13.2 Å². The smallest absolute Gasteiger partial charge is 0.138 e. The molecule has 0 bridgehead atoms. The van der Waals surface area contributed by atoms with E-state index in [0.29, 0.717) is 17.4 Å². The number of hydrogen-bond acceptors (Lipinski definition) is 1. The number of nitrogens with zero attached hydrogens (tertiary/aromatic N) is 1. The van der Waals surface area contributed by atoms with Crippen molar-refractivity contribution in [2.45, 2.75) is 20.1 Å². The van der Waals surface area contributed by atoms with Crippen LogP contribution in [0.3, 0.4) is 0 Å². The summed E-state index contributed by atoms with van der Waals surface area (Å²) in [6, 6.07) is 14.2. The Morgan fingerprint density at radius 3 is 2.71 bits per heavy atom. The van der Waals surface area contributed by atoms with E-state index < -0.39 is 0 Å². The molecule has 0 saturated heterocycles. The van der Waals surface area contributed by atoms with E-state index in [-0.39, 0.29) is 5.82 Å². The van der Waals surface area contributed by atoms with Crippen LogP contribution < -0.4 is 4.74 Å². The Balaban J connectivity index is 1.92. The van der Waals surface area contributed by atoms with E-state index in [1.165, 1.54) is 6.07 Å². The SMILES string of the molecule is CCn1c(COc2ccccc2Cl)cc2ccc(F)cc21. The van der Waals surface area contributed by atoms with Crippen LogP contribution in [0.25, 0.3) is 10.9 Å². The lowest BCUT2D eigenvalue weighted by Gasteiger charge is -2.10. The third-order valence-electron chi connectivity index (χ3n) is 3.48. The minimum absolute atomic E-state index is 0.228. The van der Waals surface area contributed by atoms with Crippen molar-refractivity contribution in [3.05, 3.63) is 65.1 Å². The first kappa shape index (κ1) is 14.0.